The van der Waals surface area contributed by atoms with Crippen LogP contribution in [0.2, 0.25) is 0 Å². The van der Waals surface area contributed by atoms with Crippen LogP contribution in [0.25, 0.3) is 0 Å². The highest BCUT2D eigenvalue weighted by atomic mass is 14.9. The smallest absolute Gasteiger partial charge is 0.00950 e. The summed E-state index contributed by atoms with van der Waals surface area (Å²) in [5, 5.41) is 3.66. The van der Waals surface area contributed by atoms with Crippen LogP contribution in [0.15, 0.2) is 0 Å². The molecule has 1 nitrogen and oxygen atoms in total. The molecule has 2 aliphatic carbocycles. The largest absolute Gasteiger partial charge is 0.317 e. The van der Waals surface area contributed by atoms with E-state index >= 15 is 0 Å². The van der Waals surface area contributed by atoms with Crippen molar-refractivity contribution in [3.05, 3.63) is 0 Å². The van der Waals surface area contributed by atoms with Crippen LogP contribution in [0.3, 0.4) is 0 Å². The Morgan fingerprint density at radius 1 is 1.00 bits per heavy atom. The summed E-state index contributed by atoms with van der Waals surface area (Å²) in [5.74, 6) is 3.03. The number of nitrogens with one attached hydrogen (secondary N) is 1. The third kappa shape index (κ3) is 3.73. The minimum absolute atomic E-state index is 0.802. The van der Waals surface area contributed by atoms with Gasteiger partial charge in [-0.25, -0.2) is 0 Å². The molecule has 0 aromatic carbocycles. The Labute approximate surface area is 114 Å². The highest BCUT2D eigenvalue weighted by Gasteiger charge is 2.30. The van der Waals surface area contributed by atoms with Crippen molar-refractivity contribution in [2.75, 3.05) is 7.05 Å². The molecule has 18 heavy (non-hydrogen) atoms. The van der Waals surface area contributed by atoms with Crippen molar-refractivity contribution in [3.63, 3.8) is 0 Å². The van der Waals surface area contributed by atoms with Gasteiger partial charge in [-0.2, -0.15) is 0 Å². The van der Waals surface area contributed by atoms with Gasteiger partial charge in [0.15, 0.2) is 0 Å². The lowest BCUT2D eigenvalue weighted by molar-refractivity contribution is 0.168. The normalized spacial score (nSPS) is 31.7. The molecule has 3 unspecified atom stereocenters. The zero-order valence-electron chi connectivity index (χ0n) is 12.6. The molecule has 0 spiro atoms. The molecule has 1 N–H and O–H groups in total. The van der Waals surface area contributed by atoms with Gasteiger partial charge in [-0.1, -0.05) is 58.3 Å². The second-order valence-corrected chi connectivity index (χ2v) is 6.74. The number of hydrogen-bond acceptors (Lipinski definition) is 1. The Morgan fingerprint density at radius 2 is 1.67 bits per heavy atom. The second kappa shape index (κ2) is 7.53. The fourth-order valence-electron chi connectivity index (χ4n) is 4.56. The third-order valence-corrected chi connectivity index (χ3v) is 5.74. The van der Waals surface area contributed by atoms with Crippen molar-refractivity contribution in [2.45, 2.75) is 83.6 Å². The molecule has 0 amide bonds. The molecule has 106 valence electrons. The Hall–Kier alpha value is -0.0400. The summed E-state index contributed by atoms with van der Waals surface area (Å²) in [6, 6.07) is 0.802. The molecule has 0 aromatic rings. The zero-order chi connectivity index (χ0) is 12.8. The van der Waals surface area contributed by atoms with E-state index in [4.69, 9.17) is 0 Å². The molecule has 2 aliphatic rings. The van der Waals surface area contributed by atoms with Gasteiger partial charge in [0.2, 0.25) is 0 Å². The lowest BCUT2D eigenvalue weighted by atomic mass is 9.72. The van der Waals surface area contributed by atoms with Crippen LogP contribution in [-0.2, 0) is 0 Å². The van der Waals surface area contributed by atoms with Gasteiger partial charge in [0.1, 0.15) is 0 Å². The minimum Gasteiger partial charge on any atom is -0.317 e. The van der Waals surface area contributed by atoms with Crippen LogP contribution < -0.4 is 5.32 Å². The molecule has 3 atom stereocenters. The van der Waals surface area contributed by atoms with E-state index in [1.54, 1.807) is 0 Å². The first-order valence-electron chi connectivity index (χ1n) is 8.52. The standard InChI is InChI=1S/C17H33N/c1-3-15-10-6-7-11-16(15)17(18-2)13-12-14-8-4-5-9-14/h14-18H,3-13H2,1-2H3. The molecule has 0 bridgehead atoms. The Bertz CT molecular complexity index is 220. The van der Waals surface area contributed by atoms with Gasteiger partial charge in [-0.3, -0.25) is 0 Å². The van der Waals surface area contributed by atoms with E-state index in [-0.39, 0.29) is 0 Å². The van der Waals surface area contributed by atoms with E-state index in [1.807, 2.05) is 0 Å². The van der Waals surface area contributed by atoms with Crippen molar-refractivity contribution in [2.24, 2.45) is 17.8 Å². The van der Waals surface area contributed by atoms with Crippen molar-refractivity contribution < 1.29 is 0 Å². The highest BCUT2D eigenvalue weighted by Crippen LogP contribution is 2.37. The third-order valence-electron chi connectivity index (χ3n) is 5.74. The minimum atomic E-state index is 0.802. The fraction of sp³-hybridized carbons (Fsp3) is 1.00. The maximum absolute atomic E-state index is 3.66. The van der Waals surface area contributed by atoms with Gasteiger partial charge < -0.3 is 5.32 Å². The molecule has 2 fully saturated rings. The monoisotopic (exact) mass is 251 g/mol. The van der Waals surface area contributed by atoms with Gasteiger partial charge in [0.05, 0.1) is 0 Å². The van der Waals surface area contributed by atoms with E-state index < -0.39 is 0 Å². The lowest BCUT2D eigenvalue weighted by Crippen LogP contribution is -2.39. The molecule has 0 saturated heterocycles. The summed E-state index contributed by atoms with van der Waals surface area (Å²) in [6.07, 6.45) is 16.3. The summed E-state index contributed by atoms with van der Waals surface area (Å²) >= 11 is 0. The predicted molar refractivity (Wildman–Crippen MR) is 79.8 cm³/mol. The summed E-state index contributed by atoms with van der Waals surface area (Å²) in [4.78, 5) is 0. The molecule has 0 heterocycles. The zero-order valence-corrected chi connectivity index (χ0v) is 12.6. The molecule has 2 rings (SSSR count). The van der Waals surface area contributed by atoms with Crippen LogP contribution in [0.5, 0.6) is 0 Å². The Kier molecular flexibility index (Phi) is 6.01. The van der Waals surface area contributed by atoms with Crippen LogP contribution in [0, 0.1) is 17.8 Å². The van der Waals surface area contributed by atoms with E-state index in [9.17, 15) is 0 Å². The highest BCUT2D eigenvalue weighted by molar-refractivity contribution is 4.84. The first kappa shape index (κ1) is 14.4. The average Bonchev–Trinajstić information content (AvgIpc) is 2.93. The van der Waals surface area contributed by atoms with Crippen LogP contribution >= 0.6 is 0 Å². The van der Waals surface area contributed by atoms with E-state index in [0.29, 0.717) is 0 Å². The maximum Gasteiger partial charge on any atom is 0.00950 e. The Morgan fingerprint density at radius 3 is 2.33 bits per heavy atom. The summed E-state index contributed by atoms with van der Waals surface area (Å²) in [6.45, 7) is 2.40. The average molecular weight is 251 g/mol. The summed E-state index contributed by atoms with van der Waals surface area (Å²) in [5.41, 5.74) is 0. The van der Waals surface area contributed by atoms with Gasteiger partial charge in [0.25, 0.3) is 0 Å². The fourth-order valence-corrected chi connectivity index (χ4v) is 4.56. The van der Waals surface area contributed by atoms with E-state index in [1.165, 1.54) is 70.6 Å². The van der Waals surface area contributed by atoms with Crippen LogP contribution in [0.1, 0.15) is 77.6 Å². The van der Waals surface area contributed by atoms with Gasteiger partial charge in [0, 0.05) is 6.04 Å². The van der Waals surface area contributed by atoms with Crippen molar-refractivity contribution in [1.82, 2.24) is 5.32 Å². The topological polar surface area (TPSA) is 12.0 Å². The second-order valence-electron chi connectivity index (χ2n) is 6.74. The molecular formula is C17H33N. The van der Waals surface area contributed by atoms with Crippen molar-refractivity contribution in [3.8, 4) is 0 Å². The van der Waals surface area contributed by atoms with E-state index in [2.05, 4.69) is 19.3 Å². The number of rotatable bonds is 6. The number of hydrogen-bond donors (Lipinski definition) is 1. The Balaban J connectivity index is 1.81. The predicted octanol–water partition coefficient (Wildman–Crippen LogP) is 4.76. The molecular weight excluding hydrogens is 218 g/mol. The quantitative estimate of drug-likeness (QED) is 0.717. The summed E-state index contributed by atoms with van der Waals surface area (Å²) < 4.78 is 0. The van der Waals surface area contributed by atoms with Crippen molar-refractivity contribution >= 4 is 0 Å². The van der Waals surface area contributed by atoms with Crippen LogP contribution in [0.4, 0.5) is 0 Å². The SMILES string of the molecule is CCC1CCCCC1C(CCC1CCCC1)NC. The first-order chi connectivity index (χ1) is 8.85. The molecule has 1 heteroatoms. The van der Waals surface area contributed by atoms with Crippen LogP contribution in [-0.4, -0.2) is 13.1 Å². The molecule has 0 radical (unpaired) electrons. The van der Waals surface area contributed by atoms with Gasteiger partial charge >= 0.3 is 0 Å². The van der Waals surface area contributed by atoms with Gasteiger partial charge in [-0.05, 0) is 44.1 Å². The molecule has 0 aliphatic heterocycles. The molecule has 2 saturated carbocycles. The lowest BCUT2D eigenvalue weighted by Gasteiger charge is -2.37. The first-order valence-corrected chi connectivity index (χ1v) is 8.52. The summed E-state index contributed by atoms with van der Waals surface area (Å²) in [7, 11) is 2.20. The van der Waals surface area contributed by atoms with E-state index in [0.717, 1.165) is 23.8 Å². The maximum atomic E-state index is 3.66. The van der Waals surface area contributed by atoms with Crippen molar-refractivity contribution in [1.29, 1.82) is 0 Å². The van der Waals surface area contributed by atoms with Gasteiger partial charge in [-0.15, -0.1) is 0 Å². The molecule has 0 aromatic heterocycles.